The molecule has 2 rings (SSSR count). The molecule has 118 valence electrons. The molecule has 5 heteroatoms. The Morgan fingerprint density at radius 1 is 1.36 bits per heavy atom. The molecule has 22 heavy (non-hydrogen) atoms. The van der Waals surface area contributed by atoms with Crippen molar-refractivity contribution in [3.05, 3.63) is 29.8 Å². The van der Waals surface area contributed by atoms with Crippen molar-refractivity contribution in [3.8, 4) is 11.8 Å². The largest absolute Gasteiger partial charge is 0.484 e. The highest BCUT2D eigenvalue weighted by Crippen LogP contribution is 2.13. The zero-order valence-electron chi connectivity index (χ0n) is 13.0. The Morgan fingerprint density at radius 2 is 2.05 bits per heavy atom. The van der Waals surface area contributed by atoms with Crippen LogP contribution in [0.1, 0.15) is 31.7 Å². The van der Waals surface area contributed by atoms with Gasteiger partial charge in [-0.3, -0.25) is 9.69 Å². The number of amides is 1. The number of nitriles is 1. The molecule has 5 nitrogen and oxygen atoms in total. The van der Waals surface area contributed by atoms with Gasteiger partial charge in [0.1, 0.15) is 5.75 Å². The molecule has 1 fully saturated rings. The zero-order valence-corrected chi connectivity index (χ0v) is 13.0. The van der Waals surface area contributed by atoms with Crippen LogP contribution in [0.4, 0.5) is 0 Å². The van der Waals surface area contributed by atoms with Gasteiger partial charge in [-0.05, 0) is 56.6 Å². The summed E-state index contributed by atoms with van der Waals surface area (Å²) < 4.78 is 5.42. The van der Waals surface area contributed by atoms with Crippen LogP contribution in [0.25, 0.3) is 0 Å². The molecule has 0 bridgehead atoms. The molecule has 1 amide bonds. The number of hydrogen-bond acceptors (Lipinski definition) is 4. The predicted molar refractivity (Wildman–Crippen MR) is 84.5 cm³/mol. The van der Waals surface area contributed by atoms with Crippen molar-refractivity contribution in [1.82, 2.24) is 10.2 Å². The van der Waals surface area contributed by atoms with Crippen molar-refractivity contribution in [2.75, 3.05) is 26.2 Å². The van der Waals surface area contributed by atoms with Gasteiger partial charge in [0.05, 0.1) is 11.6 Å². The van der Waals surface area contributed by atoms with E-state index >= 15 is 0 Å². The number of nitrogens with one attached hydrogen (secondary N) is 1. The molecule has 1 unspecified atom stereocenters. The van der Waals surface area contributed by atoms with Gasteiger partial charge in [0, 0.05) is 12.6 Å². The fraction of sp³-hybridized carbons (Fsp3) is 0.529. The van der Waals surface area contributed by atoms with Gasteiger partial charge in [-0.15, -0.1) is 0 Å². The minimum atomic E-state index is -0.109. The molecule has 0 aliphatic carbocycles. The lowest BCUT2D eigenvalue weighted by molar-refractivity contribution is -0.123. The minimum Gasteiger partial charge on any atom is -0.484 e. The van der Waals surface area contributed by atoms with Crippen LogP contribution in [-0.4, -0.2) is 43.1 Å². The van der Waals surface area contributed by atoms with Crippen LogP contribution in [-0.2, 0) is 4.79 Å². The average molecular weight is 301 g/mol. The summed E-state index contributed by atoms with van der Waals surface area (Å²) in [6.07, 6.45) is 3.55. The Hall–Kier alpha value is -2.06. The third-order valence-corrected chi connectivity index (χ3v) is 4.02. The quantitative estimate of drug-likeness (QED) is 0.835. The van der Waals surface area contributed by atoms with Crippen LogP contribution in [0.2, 0.25) is 0 Å². The Bertz CT molecular complexity index is 516. The third kappa shape index (κ3) is 4.74. The van der Waals surface area contributed by atoms with Crippen LogP contribution in [0, 0.1) is 11.3 Å². The average Bonchev–Trinajstić information content (AvgIpc) is 3.08. The fourth-order valence-electron chi connectivity index (χ4n) is 2.70. The first-order valence-corrected chi connectivity index (χ1v) is 7.86. The van der Waals surface area contributed by atoms with Gasteiger partial charge in [0.2, 0.25) is 0 Å². The van der Waals surface area contributed by atoms with E-state index in [0.717, 1.165) is 19.5 Å². The number of carbonyl (C=O) groups excluding carboxylic acids is 1. The van der Waals surface area contributed by atoms with Gasteiger partial charge < -0.3 is 10.1 Å². The van der Waals surface area contributed by atoms with Gasteiger partial charge in [-0.2, -0.15) is 5.26 Å². The molecule has 1 atom stereocenters. The number of hydrogen-bond donors (Lipinski definition) is 1. The monoisotopic (exact) mass is 301 g/mol. The van der Waals surface area contributed by atoms with Crippen LogP contribution in [0.3, 0.4) is 0 Å². The number of benzene rings is 1. The van der Waals surface area contributed by atoms with E-state index < -0.39 is 0 Å². The molecule has 1 heterocycles. The molecule has 1 aliphatic heterocycles. The summed E-state index contributed by atoms with van der Waals surface area (Å²) in [5.41, 5.74) is 0.577. The van der Waals surface area contributed by atoms with Crippen LogP contribution < -0.4 is 10.1 Å². The third-order valence-electron chi connectivity index (χ3n) is 4.02. The number of rotatable bonds is 7. The molecule has 0 aromatic heterocycles. The van der Waals surface area contributed by atoms with E-state index in [-0.39, 0.29) is 12.5 Å². The maximum absolute atomic E-state index is 11.9. The molecule has 0 radical (unpaired) electrons. The number of ether oxygens (including phenoxy) is 1. The summed E-state index contributed by atoms with van der Waals surface area (Å²) >= 11 is 0. The molecule has 0 spiro atoms. The van der Waals surface area contributed by atoms with E-state index in [1.807, 2.05) is 6.07 Å². The maximum atomic E-state index is 11.9. The molecule has 1 N–H and O–H groups in total. The molecular weight excluding hydrogens is 278 g/mol. The number of carbonyl (C=O) groups is 1. The van der Waals surface area contributed by atoms with Gasteiger partial charge in [0.25, 0.3) is 5.91 Å². The molecule has 0 saturated carbocycles. The summed E-state index contributed by atoms with van der Waals surface area (Å²) in [7, 11) is 0. The van der Waals surface area contributed by atoms with E-state index in [1.54, 1.807) is 24.3 Å². The van der Waals surface area contributed by atoms with Crippen molar-refractivity contribution in [1.29, 1.82) is 5.26 Å². The lowest BCUT2D eigenvalue weighted by Crippen LogP contribution is -2.43. The summed E-state index contributed by atoms with van der Waals surface area (Å²) in [6.45, 7) is 5.10. The second-order valence-electron chi connectivity index (χ2n) is 5.53. The van der Waals surface area contributed by atoms with Gasteiger partial charge in [-0.1, -0.05) is 6.92 Å². The Kier molecular flexibility index (Phi) is 6.23. The van der Waals surface area contributed by atoms with Gasteiger partial charge in [-0.25, -0.2) is 0 Å². The topological polar surface area (TPSA) is 65.4 Å². The highest BCUT2D eigenvalue weighted by Gasteiger charge is 2.20. The fourth-order valence-corrected chi connectivity index (χ4v) is 2.70. The molecule has 1 aromatic rings. The van der Waals surface area contributed by atoms with E-state index in [4.69, 9.17) is 10.00 Å². The highest BCUT2D eigenvalue weighted by atomic mass is 16.5. The second kappa shape index (κ2) is 8.40. The SMILES string of the molecule is CCC(CNC(=O)COc1ccc(C#N)cc1)N1CCCC1. The van der Waals surface area contributed by atoms with Crippen molar-refractivity contribution in [3.63, 3.8) is 0 Å². The summed E-state index contributed by atoms with van der Waals surface area (Å²) in [4.78, 5) is 14.3. The molecule has 1 saturated heterocycles. The van der Waals surface area contributed by atoms with E-state index in [0.29, 0.717) is 23.9 Å². The Morgan fingerprint density at radius 3 is 2.64 bits per heavy atom. The van der Waals surface area contributed by atoms with Crippen LogP contribution in [0.15, 0.2) is 24.3 Å². The summed E-state index contributed by atoms with van der Waals surface area (Å²) in [6, 6.07) is 9.21. The molecular formula is C17H23N3O2. The zero-order chi connectivity index (χ0) is 15.8. The van der Waals surface area contributed by atoms with Crippen molar-refractivity contribution >= 4 is 5.91 Å². The van der Waals surface area contributed by atoms with Gasteiger partial charge >= 0.3 is 0 Å². The Balaban J connectivity index is 1.71. The summed E-state index contributed by atoms with van der Waals surface area (Å²) in [5.74, 6) is 0.489. The lowest BCUT2D eigenvalue weighted by atomic mass is 10.2. The van der Waals surface area contributed by atoms with Crippen LogP contribution >= 0.6 is 0 Å². The predicted octanol–water partition coefficient (Wildman–Crippen LogP) is 1.93. The molecule has 1 aromatic carbocycles. The first kappa shape index (κ1) is 16.3. The van der Waals surface area contributed by atoms with E-state index in [1.165, 1.54) is 12.8 Å². The lowest BCUT2D eigenvalue weighted by Gasteiger charge is -2.26. The van der Waals surface area contributed by atoms with E-state index in [2.05, 4.69) is 17.1 Å². The first-order valence-electron chi connectivity index (χ1n) is 7.86. The van der Waals surface area contributed by atoms with Crippen molar-refractivity contribution in [2.45, 2.75) is 32.2 Å². The number of nitrogens with zero attached hydrogens (tertiary/aromatic N) is 2. The van der Waals surface area contributed by atoms with Gasteiger partial charge in [0.15, 0.2) is 6.61 Å². The van der Waals surface area contributed by atoms with Crippen molar-refractivity contribution < 1.29 is 9.53 Å². The second-order valence-corrected chi connectivity index (χ2v) is 5.53. The maximum Gasteiger partial charge on any atom is 0.257 e. The smallest absolute Gasteiger partial charge is 0.257 e. The standard InChI is InChI=1S/C17H23N3O2/c1-2-15(20-9-3-4-10-20)12-19-17(21)13-22-16-7-5-14(11-18)6-8-16/h5-8,15H,2-4,9-10,12-13H2,1H3,(H,19,21). The highest BCUT2D eigenvalue weighted by molar-refractivity contribution is 5.77. The van der Waals surface area contributed by atoms with Crippen molar-refractivity contribution in [2.24, 2.45) is 0 Å². The molecule has 1 aliphatic rings. The minimum absolute atomic E-state index is 0.00232. The first-order chi connectivity index (χ1) is 10.7. The van der Waals surface area contributed by atoms with Crippen LogP contribution in [0.5, 0.6) is 5.75 Å². The summed E-state index contributed by atoms with van der Waals surface area (Å²) in [5, 5.41) is 11.7. The van der Waals surface area contributed by atoms with E-state index in [9.17, 15) is 4.79 Å². The Labute approximate surface area is 131 Å². The normalized spacial score (nSPS) is 16.0. The number of likely N-dealkylation sites (tertiary alicyclic amines) is 1.